The summed E-state index contributed by atoms with van der Waals surface area (Å²) in [5.74, 6) is 0.322. The molecule has 2 aromatic carbocycles. The first-order valence-electron chi connectivity index (χ1n) is 9.39. The third kappa shape index (κ3) is 3.25. The van der Waals surface area contributed by atoms with E-state index in [1.54, 1.807) is 17.0 Å². The van der Waals surface area contributed by atoms with Gasteiger partial charge in [-0.25, -0.2) is 4.98 Å². The number of benzene rings is 2. The average molecular weight is 378 g/mol. The van der Waals surface area contributed by atoms with Gasteiger partial charge in [0, 0.05) is 18.7 Å². The number of aromatic amines is 1. The lowest BCUT2D eigenvalue weighted by Gasteiger charge is -2.34. The first-order chi connectivity index (χ1) is 13.6. The van der Waals surface area contributed by atoms with Gasteiger partial charge < -0.3 is 20.3 Å². The van der Waals surface area contributed by atoms with Crippen LogP contribution in [0.3, 0.4) is 0 Å². The number of carbonyl (C=O) groups is 2. The van der Waals surface area contributed by atoms with Crippen molar-refractivity contribution in [1.29, 1.82) is 0 Å². The van der Waals surface area contributed by atoms with Crippen LogP contribution in [0.5, 0.6) is 0 Å². The van der Waals surface area contributed by atoms with Crippen molar-refractivity contribution in [3.63, 3.8) is 0 Å². The van der Waals surface area contributed by atoms with E-state index in [1.807, 2.05) is 37.3 Å². The summed E-state index contributed by atoms with van der Waals surface area (Å²) in [5.41, 5.74) is 4.19. The minimum Gasteiger partial charge on any atom is -0.388 e. The third-order valence-corrected chi connectivity index (χ3v) is 5.12. The van der Waals surface area contributed by atoms with Crippen LogP contribution >= 0.6 is 0 Å². The summed E-state index contributed by atoms with van der Waals surface area (Å²) in [5, 5.41) is 12.0. The number of rotatable bonds is 4. The number of nitrogens with zero attached hydrogens (tertiary/aromatic N) is 2. The molecule has 7 heteroatoms. The monoisotopic (exact) mass is 378 g/mol. The van der Waals surface area contributed by atoms with E-state index in [0.717, 1.165) is 22.2 Å². The van der Waals surface area contributed by atoms with Gasteiger partial charge in [0.1, 0.15) is 18.5 Å². The maximum atomic E-state index is 12.9. The maximum absolute atomic E-state index is 12.9. The molecule has 1 aliphatic rings. The van der Waals surface area contributed by atoms with Gasteiger partial charge in [-0.3, -0.25) is 9.59 Å². The second-order valence-corrected chi connectivity index (χ2v) is 6.86. The van der Waals surface area contributed by atoms with Crippen molar-refractivity contribution in [3.05, 3.63) is 53.9 Å². The number of piperazine rings is 1. The van der Waals surface area contributed by atoms with Crippen LogP contribution in [-0.2, 0) is 11.4 Å². The lowest BCUT2D eigenvalue weighted by Crippen LogP contribution is -2.56. The Kier molecular flexibility index (Phi) is 4.83. The van der Waals surface area contributed by atoms with Crippen LogP contribution < -0.4 is 5.32 Å². The van der Waals surface area contributed by atoms with E-state index in [-0.39, 0.29) is 18.4 Å². The fraction of sp³-hybridized carbons (Fsp3) is 0.286. The molecule has 0 saturated carbocycles. The lowest BCUT2D eigenvalue weighted by atomic mass is 10.0. The molecule has 0 unspecified atom stereocenters. The molecule has 3 aromatic rings. The van der Waals surface area contributed by atoms with Gasteiger partial charge >= 0.3 is 0 Å². The largest absolute Gasteiger partial charge is 0.388 e. The molecule has 0 aliphatic carbocycles. The summed E-state index contributed by atoms with van der Waals surface area (Å²) >= 11 is 0. The van der Waals surface area contributed by atoms with E-state index in [0.29, 0.717) is 30.9 Å². The highest BCUT2D eigenvalue weighted by Crippen LogP contribution is 2.24. The van der Waals surface area contributed by atoms with Gasteiger partial charge in [-0.2, -0.15) is 0 Å². The van der Waals surface area contributed by atoms with Gasteiger partial charge in [0.05, 0.1) is 11.0 Å². The number of fused-ring (bicyclic) bond motifs is 1. The highest BCUT2D eigenvalue weighted by atomic mass is 16.3. The van der Waals surface area contributed by atoms with E-state index in [4.69, 9.17) is 0 Å². The average Bonchev–Trinajstić information content (AvgIpc) is 3.15. The Morgan fingerprint density at radius 3 is 2.68 bits per heavy atom. The molecular weight excluding hydrogens is 356 g/mol. The normalized spacial score (nSPS) is 17.0. The molecular formula is C21H22N4O3. The SMILES string of the molecule is CC[C@@H]1C(=O)NCCN1C(=O)c1ccc(-c2ccc3nc(CO)[nH]c3c2)cc1. The number of hydrogen-bond acceptors (Lipinski definition) is 4. The van der Waals surface area contributed by atoms with Crippen LogP contribution in [0.15, 0.2) is 42.5 Å². The van der Waals surface area contributed by atoms with Crippen molar-refractivity contribution < 1.29 is 14.7 Å². The Morgan fingerprint density at radius 2 is 1.96 bits per heavy atom. The molecule has 3 N–H and O–H groups in total. The van der Waals surface area contributed by atoms with Crippen LogP contribution in [0.1, 0.15) is 29.5 Å². The molecule has 0 spiro atoms. The van der Waals surface area contributed by atoms with Gasteiger partial charge in [0.2, 0.25) is 5.91 Å². The van der Waals surface area contributed by atoms with Crippen molar-refractivity contribution in [2.24, 2.45) is 0 Å². The number of nitrogens with one attached hydrogen (secondary N) is 2. The van der Waals surface area contributed by atoms with Crippen LogP contribution in [0.2, 0.25) is 0 Å². The summed E-state index contributed by atoms with van der Waals surface area (Å²) < 4.78 is 0. The molecule has 1 fully saturated rings. The minimum absolute atomic E-state index is 0.0890. The van der Waals surface area contributed by atoms with E-state index in [9.17, 15) is 14.7 Å². The van der Waals surface area contributed by atoms with Crippen molar-refractivity contribution in [2.75, 3.05) is 13.1 Å². The van der Waals surface area contributed by atoms with E-state index < -0.39 is 6.04 Å². The Bertz CT molecular complexity index is 1030. The standard InChI is InChI=1S/C21H22N4O3/c1-2-18-20(27)22-9-10-25(18)21(28)14-5-3-13(4-6-14)15-7-8-16-17(11-15)24-19(12-26)23-16/h3-8,11,18,26H,2,9-10,12H2,1H3,(H,22,27)(H,23,24)/t18-/m1/s1. The van der Waals surface area contributed by atoms with Crippen molar-refractivity contribution >= 4 is 22.8 Å². The smallest absolute Gasteiger partial charge is 0.254 e. The molecule has 144 valence electrons. The number of aromatic nitrogens is 2. The van der Waals surface area contributed by atoms with Crippen molar-refractivity contribution in [1.82, 2.24) is 20.2 Å². The number of carbonyl (C=O) groups excluding carboxylic acids is 2. The Morgan fingerprint density at radius 1 is 1.21 bits per heavy atom. The summed E-state index contributed by atoms with van der Waals surface area (Å²) in [4.78, 5) is 33.9. The molecule has 28 heavy (non-hydrogen) atoms. The number of imidazole rings is 1. The van der Waals surface area contributed by atoms with Crippen LogP contribution in [0.25, 0.3) is 22.2 Å². The second-order valence-electron chi connectivity index (χ2n) is 6.86. The molecule has 1 saturated heterocycles. The molecule has 0 radical (unpaired) electrons. The first-order valence-corrected chi connectivity index (χ1v) is 9.39. The molecule has 0 bridgehead atoms. The Hall–Kier alpha value is -3.19. The van der Waals surface area contributed by atoms with E-state index >= 15 is 0 Å². The predicted molar refractivity (Wildman–Crippen MR) is 106 cm³/mol. The summed E-state index contributed by atoms with van der Waals surface area (Å²) in [7, 11) is 0. The number of amides is 2. The highest BCUT2D eigenvalue weighted by molar-refractivity contribution is 5.98. The highest BCUT2D eigenvalue weighted by Gasteiger charge is 2.31. The fourth-order valence-corrected chi connectivity index (χ4v) is 3.65. The van der Waals surface area contributed by atoms with Crippen LogP contribution in [0.4, 0.5) is 0 Å². The number of H-pyrrole nitrogens is 1. The molecule has 2 amide bonds. The van der Waals surface area contributed by atoms with Gasteiger partial charge in [-0.05, 0) is 41.8 Å². The minimum atomic E-state index is -0.413. The zero-order chi connectivity index (χ0) is 19.7. The number of aliphatic hydroxyl groups excluding tert-OH is 1. The molecule has 7 nitrogen and oxygen atoms in total. The number of aliphatic hydroxyl groups is 1. The summed E-state index contributed by atoms with van der Waals surface area (Å²) in [6.45, 7) is 2.79. The van der Waals surface area contributed by atoms with E-state index in [1.165, 1.54) is 0 Å². The van der Waals surface area contributed by atoms with Gasteiger partial charge in [0.15, 0.2) is 0 Å². The van der Waals surface area contributed by atoms with Gasteiger partial charge in [-0.1, -0.05) is 25.1 Å². The lowest BCUT2D eigenvalue weighted by molar-refractivity contribution is -0.127. The van der Waals surface area contributed by atoms with Crippen LogP contribution in [-0.4, -0.2) is 50.9 Å². The quantitative estimate of drug-likeness (QED) is 0.647. The summed E-state index contributed by atoms with van der Waals surface area (Å²) in [6.07, 6.45) is 0.593. The first kappa shape index (κ1) is 18.2. The zero-order valence-corrected chi connectivity index (χ0v) is 15.6. The maximum Gasteiger partial charge on any atom is 0.254 e. The molecule has 1 aliphatic heterocycles. The molecule has 4 rings (SSSR count). The molecule has 1 atom stereocenters. The van der Waals surface area contributed by atoms with Crippen molar-refractivity contribution in [3.8, 4) is 11.1 Å². The Labute approximate surface area is 162 Å². The fourth-order valence-electron chi connectivity index (χ4n) is 3.65. The van der Waals surface area contributed by atoms with Crippen LogP contribution in [0, 0.1) is 0 Å². The molecule has 2 heterocycles. The predicted octanol–water partition coefficient (Wildman–Crippen LogP) is 2.07. The topological polar surface area (TPSA) is 98.3 Å². The number of hydrogen-bond donors (Lipinski definition) is 3. The second kappa shape index (κ2) is 7.44. The Balaban J connectivity index is 1.58. The van der Waals surface area contributed by atoms with Gasteiger partial charge in [0.25, 0.3) is 5.91 Å². The summed E-state index contributed by atoms with van der Waals surface area (Å²) in [6, 6.07) is 12.8. The van der Waals surface area contributed by atoms with Gasteiger partial charge in [-0.15, -0.1) is 0 Å². The van der Waals surface area contributed by atoms with E-state index in [2.05, 4.69) is 15.3 Å². The molecule has 1 aromatic heterocycles. The van der Waals surface area contributed by atoms with Crippen molar-refractivity contribution in [2.45, 2.75) is 26.0 Å². The zero-order valence-electron chi connectivity index (χ0n) is 15.6. The third-order valence-electron chi connectivity index (χ3n) is 5.12.